The van der Waals surface area contributed by atoms with E-state index in [0.29, 0.717) is 19.5 Å². The fourth-order valence-corrected chi connectivity index (χ4v) is 4.86. The molecule has 0 radical (unpaired) electrons. The number of benzene rings is 1. The molecule has 1 spiro atoms. The SMILES string of the molecule is O=C(N[C@@H](Cc1ccccc1)C(=O)N1CCC2(CC1)NCCc1[nH]cnc12)c1ccco1. The normalized spacial score (nSPS) is 18.2. The van der Waals surface area contributed by atoms with Crippen molar-refractivity contribution in [1.82, 2.24) is 25.5 Å². The number of furan rings is 1. The summed E-state index contributed by atoms with van der Waals surface area (Å²) in [6, 6.07) is 12.3. The first-order chi connectivity index (χ1) is 15.6. The molecule has 0 saturated carbocycles. The second kappa shape index (κ2) is 8.63. The number of aromatic nitrogens is 2. The summed E-state index contributed by atoms with van der Waals surface area (Å²) >= 11 is 0. The Morgan fingerprint density at radius 3 is 2.72 bits per heavy atom. The van der Waals surface area contributed by atoms with Crippen molar-refractivity contribution in [3.8, 4) is 0 Å². The van der Waals surface area contributed by atoms with Crippen molar-refractivity contribution in [3.63, 3.8) is 0 Å². The fourth-order valence-electron chi connectivity index (χ4n) is 4.86. The summed E-state index contributed by atoms with van der Waals surface area (Å²) in [4.78, 5) is 35.9. The molecule has 2 aromatic heterocycles. The Morgan fingerprint density at radius 1 is 1.16 bits per heavy atom. The summed E-state index contributed by atoms with van der Waals surface area (Å²) in [7, 11) is 0. The van der Waals surface area contributed by atoms with Gasteiger partial charge in [0, 0.05) is 38.2 Å². The minimum Gasteiger partial charge on any atom is -0.459 e. The number of carbonyl (C=O) groups is 2. The van der Waals surface area contributed by atoms with Gasteiger partial charge in [-0.25, -0.2) is 4.98 Å². The third-order valence-electron chi connectivity index (χ3n) is 6.57. The van der Waals surface area contributed by atoms with Crippen molar-refractivity contribution < 1.29 is 14.0 Å². The zero-order valence-corrected chi connectivity index (χ0v) is 17.8. The van der Waals surface area contributed by atoms with Gasteiger partial charge in [0.15, 0.2) is 5.76 Å². The van der Waals surface area contributed by atoms with E-state index in [0.717, 1.165) is 37.1 Å². The topological polar surface area (TPSA) is 103 Å². The van der Waals surface area contributed by atoms with Gasteiger partial charge in [-0.15, -0.1) is 0 Å². The van der Waals surface area contributed by atoms with Gasteiger partial charge >= 0.3 is 0 Å². The van der Waals surface area contributed by atoms with Gasteiger partial charge in [0.1, 0.15) is 6.04 Å². The molecule has 1 saturated heterocycles. The van der Waals surface area contributed by atoms with Crippen LogP contribution in [0.25, 0.3) is 0 Å². The molecule has 8 heteroatoms. The molecular weight excluding hydrogens is 406 g/mol. The Labute approximate surface area is 186 Å². The Balaban J connectivity index is 1.31. The molecule has 1 aromatic carbocycles. The highest BCUT2D eigenvalue weighted by Gasteiger charge is 2.43. The summed E-state index contributed by atoms with van der Waals surface area (Å²) in [6.07, 6.45) is 6.17. The van der Waals surface area contributed by atoms with Gasteiger partial charge in [-0.2, -0.15) is 0 Å². The van der Waals surface area contributed by atoms with Crippen molar-refractivity contribution in [2.24, 2.45) is 0 Å². The van der Waals surface area contributed by atoms with E-state index >= 15 is 0 Å². The Kier molecular flexibility index (Phi) is 5.53. The number of H-pyrrole nitrogens is 1. The molecular formula is C24H27N5O3. The van der Waals surface area contributed by atoms with Crippen molar-refractivity contribution in [2.75, 3.05) is 19.6 Å². The molecule has 1 fully saturated rings. The molecule has 166 valence electrons. The maximum atomic E-state index is 13.5. The molecule has 3 N–H and O–H groups in total. The van der Waals surface area contributed by atoms with Crippen LogP contribution in [0.1, 0.15) is 40.3 Å². The van der Waals surface area contributed by atoms with Gasteiger partial charge in [0.25, 0.3) is 5.91 Å². The van der Waals surface area contributed by atoms with Crippen LogP contribution in [0.2, 0.25) is 0 Å². The van der Waals surface area contributed by atoms with Crippen LogP contribution in [0.3, 0.4) is 0 Å². The minimum absolute atomic E-state index is 0.0679. The predicted octanol–water partition coefficient (Wildman–Crippen LogP) is 2.01. The molecule has 0 aliphatic carbocycles. The molecule has 5 rings (SSSR count). The summed E-state index contributed by atoms with van der Waals surface area (Å²) in [6.45, 7) is 2.12. The molecule has 32 heavy (non-hydrogen) atoms. The summed E-state index contributed by atoms with van der Waals surface area (Å²) in [5, 5.41) is 6.54. The van der Waals surface area contributed by atoms with E-state index in [2.05, 4.69) is 20.6 Å². The van der Waals surface area contributed by atoms with Crippen molar-refractivity contribution in [2.45, 2.75) is 37.3 Å². The van der Waals surface area contributed by atoms with Crippen LogP contribution in [0.4, 0.5) is 0 Å². The zero-order valence-electron chi connectivity index (χ0n) is 17.8. The number of nitrogens with one attached hydrogen (secondary N) is 3. The maximum absolute atomic E-state index is 13.5. The molecule has 2 aliphatic rings. The second-order valence-corrected chi connectivity index (χ2v) is 8.51. The van der Waals surface area contributed by atoms with Crippen molar-refractivity contribution in [1.29, 1.82) is 0 Å². The lowest BCUT2D eigenvalue weighted by Crippen LogP contribution is -2.58. The highest BCUT2D eigenvalue weighted by atomic mass is 16.3. The van der Waals surface area contributed by atoms with E-state index < -0.39 is 6.04 Å². The number of aromatic amines is 1. The van der Waals surface area contributed by atoms with Crippen molar-refractivity contribution in [3.05, 3.63) is 77.8 Å². The first-order valence-electron chi connectivity index (χ1n) is 11.1. The Bertz CT molecular complexity index is 1070. The Hall–Kier alpha value is -3.39. The van der Waals surface area contributed by atoms with Crippen molar-refractivity contribution >= 4 is 11.8 Å². The zero-order chi connectivity index (χ0) is 22.0. The summed E-state index contributed by atoms with van der Waals surface area (Å²) in [5.41, 5.74) is 3.09. The number of amides is 2. The van der Waals surface area contributed by atoms with E-state index in [-0.39, 0.29) is 23.1 Å². The molecule has 0 unspecified atom stereocenters. The van der Waals surface area contributed by atoms with E-state index in [1.54, 1.807) is 18.5 Å². The van der Waals surface area contributed by atoms with Crippen LogP contribution in [0.5, 0.6) is 0 Å². The van der Waals surface area contributed by atoms with Gasteiger partial charge in [-0.05, 0) is 30.5 Å². The van der Waals surface area contributed by atoms with Crippen LogP contribution in [0.15, 0.2) is 59.5 Å². The number of hydrogen-bond donors (Lipinski definition) is 3. The van der Waals surface area contributed by atoms with Crippen LogP contribution >= 0.6 is 0 Å². The van der Waals surface area contributed by atoms with Crippen LogP contribution in [0, 0.1) is 0 Å². The van der Waals surface area contributed by atoms with Gasteiger partial charge < -0.3 is 24.9 Å². The molecule has 4 heterocycles. The first kappa shape index (κ1) is 20.5. The molecule has 3 aromatic rings. The molecule has 0 bridgehead atoms. The second-order valence-electron chi connectivity index (χ2n) is 8.51. The molecule has 1 atom stereocenters. The lowest BCUT2D eigenvalue weighted by molar-refractivity contribution is -0.135. The van der Waals surface area contributed by atoms with E-state index in [1.807, 2.05) is 35.2 Å². The van der Waals surface area contributed by atoms with Crippen LogP contribution in [-0.4, -0.2) is 52.4 Å². The lowest BCUT2D eigenvalue weighted by atomic mass is 9.80. The van der Waals surface area contributed by atoms with E-state index in [9.17, 15) is 9.59 Å². The summed E-state index contributed by atoms with van der Waals surface area (Å²) < 4.78 is 5.22. The average molecular weight is 434 g/mol. The molecule has 8 nitrogen and oxygen atoms in total. The van der Waals surface area contributed by atoms with Crippen LogP contribution < -0.4 is 10.6 Å². The van der Waals surface area contributed by atoms with Gasteiger partial charge in [0.2, 0.25) is 5.91 Å². The maximum Gasteiger partial charge on any atom is 0.287 e. The highest BCUT2D eigenvalue weighted by molar-refractivity contribution is 5.95. The molecule has 2 amide bonds. The predicted molar refractivity (Wildman–Crippen MR) is 118 cm³/mol. The number of hydrogen-bond acceptors (Lipinski definition) is 5. The number of nitrogens with zero attached hydrogens (tertiary/aromatic N) is 2. The quantitative estimate of drug-likeness (QED) is 0.571. The van der Waals surface area contributed by atoms with Gasteiger partial charge in [-0.1, -0.05) is 30.3 Å². The summed E-state index contributed by atoms with van der Waals surface area (Å²) in [5.74, 6) is -0.250. The number of likely N-dealkylation sites (tertiary alicyclic amines) is 1. The smallest absolute Gasteiger partial charge is 0.287 e. The third-order valence-corrected chi connectivity index (χ3v) is 6.57. The van der Waals surface area contributed by atoms with E-state index in [1.165, 1.54) is 12.0 Å². The Morgan fingerprint density at radius 2 is 1.97 bits per heavy atom. The standard InChI is InChI=1S/C24H27N5O3/c30-22(20-7-4-14-32-20)28-19(15-17-5-2-1-3-6-17)23(31)29-12-9-24(10-13-29)21-18(8-11-27-24)25-16-26-21/h1-7,14,16,19,27H,8-13,15H2,(H,25,26)(H,28,30)/t19-/m0/s1. The lowest BCUT2D eigenvalue weighted by Gasteiger charge is -2.44. The van der Waals surface area contributed by atoms with Gasteiger partial charge in [-0.3, -0.25) is 9.59 Å². The number of fused-ring (bicyclic) bond motifs is 2. The average Bonchev–Trinajstić information content (AvgIpc) is 3.53. The molecule has 2 aliphatic heterocycles. The van der Waals surface area contributed by atoms with Crippen LogP contribution in [-0.2, 0) is 23.2 Å². The minimum atomic E-state index is -0.663. The number of imidazole rings is 1. The number of rotatable bonds is 5. The third kappa shape index (κ3) is 3.93. The highest BCUT2D eigenvalue weighted by Crippen LogP contribution is 2.36. The first-order valence-corrected chi connectivity index (χ1v) is 11.1. The van der Waals surface area contributed by atoms with E-state index in [4.69, 9.17) is 4.42 Å². The number of carbonyl (C=O) groups excluding carboxylic acids is 2. The van der Waals surface area contributed by atoms with Gasteiger partial charge in [0.05, 0.1) is 23.8 Å². The monoisotopic (exact) mass is 433 g/mol. The fraction of sp³-hybridized carbons (Fsp3) is 0.375. The number of piperidine rings is 1. The largest absolute Gasteiger partial charge is 0.459 e.